The van der Waals surface area contributed by atoms with E-state index in [-0.39, 0.29) is 6.61 Å². The average Bonchev–Trinajstić information content (AvgIpc) is 3.08. The van der Waals surface area contributed by atoms with Crippen LogP contribution in [0.3, 0.4) is 0 Å². The number of aliphatic hydroxyl groups excluding tert-OH is 1. The lowest BCUT2D eigenvalue weighted by Crippen LogP contribution is -2.13. The lowest BCUT2D eigenvalue weighted by atomic mass is 10.0. The third kappa shape index (κ3) is 4.16. The fraction of sp³-hybridized carbons (Fsp3) is 0.421. The molecule has 0 saturated carbocycles. The summed E-state index contributed by atoms with van der Waals surface area (Å²) in [6, 6.07) is 8.15. The Hall–Kier alpha value is -1.70. The Morgan fingerprint density at radius 3 is 2.73 bits per heavy atom. The number of nitrogens with one attached hydrogen (secondary N) is 1. The number of hydrogen-bond acceptors (Lipinski definition) is 7. The second-order valence-electron chi connectivity index (χ2n) is 6.18. The van der Waals surface area contributed by atoms with Gasteiger partial charge in [-0.1, -0.05) is 37.2 Å². The van der Waals surface area contributed by atoms with E-state index in [0.29, 0.717) is 5.92 Å². The Morgan fingerprint density at radius 2 is 2.04 bits per heavy atom. The molecule has 0 saturated heterocycles. The molecule has 0 bridgehead atoms. The number of anilines is 1. The minimum absolute atomic E-state index is 0.224. The molecule has 1 atom stereocenters. The number of aromatic nitrogens is 3. The van der Waals surface area contributed by atoms with Gasteiger partial charge in [-0.15, -0.1) is 11.3 Å². The first-order valence-electron chi connectivity index (χ1n) is 8.79. The number of benzene rings is 1. The van der Waals surface area contributed by atoms with Crippen LogP contribution in [0.5, 0.6) is 0 Å². The van der Waals surface area contributed by atoms with Gasteiger partial charge in [-0.05, 0) is 37.7 Å². The Morgan fingerprint density at radius 1 is 1.23 bits per heavy atom. The van der Waals surface area contributed by atoms with Crippen molar-refractivity contribution in [2.75, 3.05) is 24.7 Å². The van der Waals surface area contributed by atoms with Crippen molar-refractivity contribution >= 4 is 39.1 Å². The first-order chi connectivity index (χ1) is 12.7. The van der Waals surface area contributed by atoms with Gasteiger partial charge in [-0.2, -0.15) is 0 Å². The number of fused-ring (bicyclic) bond motifs is 1. The van der Waals surface area contributed by atoms with E-state index in [1.54, 1.807) is 11.3 Å². The normalized spacial score (nSPS) is 12.5. The van der Waals surface area contributed by atoms with Crippen LogP contribution in [0.1, 0.15) is 25.5 Å². The van der Waals surface area contributed by atoms with Gasteiger partial charge in [0, 0.05) is 13.2 Å². The molecule has 0 aliphatic rings. The van der Waals surface area contributed by atoms with Gasteiger partial charge in [0.1, 0.15) is 10.8 Å². The van der Waals surface area contributed by atoms with Gasteiger partial charge in [0.05, 0.1) is 21.5 Å². The van der Waals surface area contributed by atoms with Gasteiger partial charge in [0.2, 0.25) is 0 Å². The summed E-state index contributed by atoms with van der Waals surface area (Å²) in [4.78, 5) is 14.1. The zero-order valence-electron chi connectivity index (χ0n) is 15.3. The average molecular weight is 389 g/mol. The predicted octanol–water partition coefficient (Wildman–Crippen LogP) is 4.60. The minimum atomic E-state index is 0.224. The predicted molar refractivity (Wildman–Crippen MR) is 111 cm³/mol. The topological polar surface area (TPSA) is 70.9 Å². The number of thioether (sulfide) groups is 1. The van der Waals surface area contributed by atoms with E-state index in [2.05, 4.69) is 23.3 Å². The van der Waals surface area contributed by atoms with Crippen LogP contribution in [0.4, 0.5) is 5.82 Å². The van der Waals surface area contributed by atoms with E-state index in [1.807, 2.05) is 31.4 Å². The molecule has 2 N–H and O–H groups in total. The summed E-state index contributed by atoms with van der Waals surface area (Å²) in [6.07, 6.45) is 3.86. The zero-order chi connectivity index (χ0) is 18.5. The molecule has 138 valence electrons. The molecule has 26 heavy (non-hydrogen) atoms. The highest BCUT2D eigenvalue weighted by Crippen LogP contribution is 2.36. The van der Waals surface area contributed by atoms with Crippen LogP contribution in [-0.4, -0.2) is 39.5 Å². The summed E-state index contributed by atoms with van der Waals surface area (Å²) in [5, 5.41) is 14.6. The minimum Gasteiger partial charge on any atom is -0.396 e. The van der Waals surface area contributed by atoms with E-state index in [4.69, 9.17) is 9.97 Å². The van der Waals surface area contributed by atoms with Crippen LogP contribution in [0, 0.1) is 12.8 Å². The maximum absolute atomic E-state index is 9.40. The summed E-state index contributed by atoms with van der Waals surface area (Å²) >= 11 is 3.20. The van der Waals surface area contributed by atoms with Crippen molar-refractivity contribution < 1.29 is 5.11 Å². The van der Waals surface area contributed by atoms with Crippen molar-refractivity contribution in [3.05, 3.63) is 30.0 Å². The van der Waals surface area contributed by atoms with Gasteiger partial charge >= 0.3 is 0 Å². The van der Waals surface area contributed by atoms with Crippen molar-refractivity contribution in [3.63, 3.8) is 0 Å². The van der Waals surface area contributed by atoms with E-state index in [9.17, 15) is 5.11 Å². The van der Waals surface area contributed by atoms with Crippen LogP contribution >= 0.6 is 23.1 Å². The lowest BCUT2D eigenvalue weighted by molar-refractivity contribution is 0.217. The fourth-order valence-corrected chi connectivity index (χ4v) is 4.30. The summed E-state index contributed by atoms with van der Waals surface area (Å²) < 4.78 is 1.16. The van der Waals surface area contributed by atoms with Crippen LogP contribution in [-0.2, 0) is 0 Å². The SMILES string of the molecule is CCC(CO)CCNc1nc(SC)nc(C)c1-c1nc2ccccc2s1. The Kier molecular flexibility index (Phi) is 6.45. The number of hydrogen-bond donors (Lipinski definition) is 2. The molecule has 3 aromatic rings. The van der Waals surface area contributed by atoms with E-state index in [1.165, 1.54) is 11.8 Å². The second-order valence-corrected chi connectivity index (χ2v) is 7.98. The molecule has 0 aliphatic heterocycles. The molecule has 0 fully saturated rings. The number of aliphatic hydroxyl groups is 1. The summed E-state index contributed by atoms with van der Waals surface area (Å²) in [5.74, 6) is 1.14. The smallest absolute Gasteiger partial charge is 0.189 e. The molecule has 1 aromatic carbocycles. The van der Waals surface area contributed by atoms with Gasteiger partial charge in [0.25, 0.3) is 0 Å². The van der Waals surface area contributed by atoms with E-state index >= 15 is 0 Å². The number of thiazole rings is 1. The second kappa shape index (κ2) is 8.79. The van der Waals surface area contributed by atoms with Crippen molar-refractivity contribution in [3.8, 4) is 10.6 Å². The third-order valence-corrected chi connectivity index (χ3v) is 6.04. The largest absolute Gasteiger partial charge is 0.396 e. The molecule has 0 amide bonds. The Bertz CT molecular complexity index is 844. The molecular formula is C19H24N4OS2. The molecule has 0 radical (unpaired) electrons. The Balaban J connectivity index is 1.95. The lowest BCUT2D eigenvalue weighted by Gasteiger charge is -2.15. The number of aryl methyl sites for hydroxylation is 1. The molecule has 5 nitrogen and oxygen atoms in total. The van der Waals surface area contributed by atoms with Gasteiger partial charge in [-0.25, -0.2) is 15.0 Å². The highest BCUT2D eigenvalue weighted by atomic mass is 32.2. The summed E-state index contributed by atoms with van der Waals surface area (Å²) in [7, 11) is 0. The molecule has 7 heteroatoms. The van der Waals surface area contributed by atoms with Crippen molar-refractivity contribution in [2.24, 2.45) is 5.92 Å². The van der Waals surface area contributed by atoms with Crippen LogP contribution in [0.25, 0.3) is 20.8 Å². The van der Waals surface area contributed by atoms with Crippen molar-refractivity contribution in [1.29, 1.82) is 0 Å². The number of rotatable bonds is 8. The van der Waals surface area contributed by atoms with Crippen molar-refractivity contribution in [1.82, 2.24) is 15.0 Å². The zero-order valence-corrected chi connectivity index (χ0v) is 17.0. The first-order valence-corrected chi connectivity index (χ1v) is 10.8. The molecule has 2 heterocycles. The van der Waals surface area contributed by atoms with Gasteiger partial charge in [-0.3, -0.25) is 0 Å². The highest BCUT2D eigenvalue weighted by molar-refractivity contribution is 7.98. The summed E-state index contributed by atoms with van der Waals surface area (Å²) in [5.41, 5.74) is 2.90. The monoisotopic (exact) mass is 388 g/mol. The van der Waals surface area contributed by atoms with E-state index < -0.39 is 0 Å². The summed E-state index contributed by atoms with van der Waals surface area (Å²) in [6.45, 7) is 5.10. The van der Waals surface area contributed by atoms with Crippen LogP contribution in [0.15, 0.2) is 29.4 Å². The molecule has 3 rings (SSSR count). The van der Waals surface area contributed by atoms with Gasteiger partial charge < -0.3 is 10.4 Å². The molecule has 0 spiro atoms. The fourth-order valence-electron chi connectivity index (χ4n) is 2.82. The molecule has 2 aromatic heterocycles. The maximum atomic E-state index is 9.40. The Labute approximate surface area is 162 Å². The molecular weight excluding hydrogens is 364 g/mol. The number of nitrogens with zero attached hydrogens (tertiary/aromatic N) is 3. The third-order valence-electron chi connectivity index (χ3n) is 4.44. The molecule has 0 aliphatic carbocycles. The van der Waals surface area contributed by atoms with E-state index in [0.717, 1.165) is 56.8 Å². The van der Waals surface area contributed by atoms with Crippen LogP contribution < -0.4 is 5.32 Å². The van der Waals surface area contributed by atoms with Gasteiger partial charge in [0.15, 0.2) is 5.16 Å². The van der Waals surface area contributed by atoms with Crippen molar-refractivity contribution in [2.45, 2.75) is 31.8 Å². The molecule has 1 unspecified atom stereocenters. The maximum Gasteiger partial charge on any atom is 0.189 e. The number of para-hydroxylation sites is 1. The van der Waals surface area contributed by atoms with Crippen LogP contribution in [0.2, 0.25) is 0 Å². The first kappa shape index (κ1) is 19.1. The quantitative estimate of drug-likeness (QED) is 0.434. The highest BCUT2D eigenvalue weighted by Gasteiger charge is 2.17. The standard InChI is InChI=1S/C19H24N4OS2/c1-4-13(11-24)9-10-20-17-16(12(2)21-19(23-17)25-3)18-22-14-7-5-6-8-15(14)26-18/h5-8,13,24H,4,9-11H2,1-3H3,(H,20,21,23).